The Balaban J connectivity index is 2.48. The van der Waals surface area contributed by atoms with E-state index in [2.05, 4.69) is 5.32 Å². The maximum absolute atomic E-state index is 11.2. The van der Waals surface area contributed by atoms with Crippen molar-refractivity contribution in [3.63, 3.8) is 0 Å². The summed E-state index contributed by atoms with van der Waals surface area (Å²) in [5.74, 6) is -1.41. The van der Waals surface area contributed by atoms with Crippen molar-refractivity contribution < 1.29 is 14.7 Å². The molecule has 1 heterocycles. The Labute approximate surface area is 102 Å². The molecule has 0 saturated carbocycles. The molecule has 0 spiro atoms. The van der Waals surface area contributed by atoms with Crippen molar-refractivity contribution >= 4 is 33.3 Å². The lowest BCUT2D eigenvalue weighted by Crippen LogP contribution is -2.31. The van der Waals surface area contributed by atoms with E-state index in [0.29, 0.717) is 5.56 Å². The van der Waals surface area contributed by atoms with E-state index in [1.54, 1.807) is 5.38 Å². The number of carbonyl (C=O) groups excluding carboxylic acids is 1. The van der Waals surface area contributed by atoms with Gasteiger partial charge in [-0.2, -0.15) is 0 Å². The number of fused-ring (bicyclic) bond motifs is 1. The van der Waals surface area contributed by atoms with Crippen molar-refractivity contribution in [1.29, 1.82) is 0 Å². The van der Waals surface area contributed by atoms with Crippen molar-refractivity contribution in [2.24, 2.45) is 0 Å². The van der Waals surface area contributed by atoms with Gasteiger partial charge in [-0.05, 0) is 16.8 Å². The Bertz CT molecular complexity index is 576. The van der Waals surface area contributed by atoms with Crippen molar-refractivity contribution in [1.82, 2.24) is 5.32 Å². The zero-order valence-corrected chi connectivity index (χ0v) is 9.95. The van der Waals surface area contributed by atoms with Gasteiger partial charge in [0.1, 0.15) is 0 Å². The molecule has 1 unspecified atom stereocenters. The van der Waals surface area contributed by atoms with Crippen molar-refractivity contribution in [2.75, 3.05) is 0 Å². The zero-order valence-electron chi connectivity index (χ0n) is 9.14. The summed E-state index contributed by atoms with van der Waals surface area (Å²) in [6.07, 6.45) is 0. The van der Waals surface area contributed by atoms with E-state index in [1.807, 2.05) is 24.3 Å². The van der Waals surface area contributed by atoms with Gasteiger partial charge in [0, 0.05) is 17.2 Å². The number of hydrogen-bond donors (Lipinski definition) is 2. The fourth-order valence-electron chi connectivity index (χ4n) is 1.70. The van der Waals surface area contributed by atoms with Crippen LogP contribution in [0.4, 0.5) is 0 Å². The highest BCUT2D eigenvalue weighted by Gasteiger charge is 2.23. The summed E-state index contributed by atoms with van der Waals surface area (Å²) < 4.78 is 1.01. The van der Waals surface area contributed by atoms with Crippen LogP contribution in [0.2, 0.25) is 0 Å². The molecule has 88 valence electrons. The topological polar surface area (TPSA) is 66.4 Å². The predicted octanol–water partition coefficient (Wildman–Crippen LogP) is 2.16. The van der Waals surface area contributed by atoms with E-state index in [9.17, 15) is 9.59 Å². The highest BCUT2D eigenvalue weighted by atomic mass is 32.1. The second kappa shape index (κ2) is 4.55. The molecule has 4 nitrogen and oxygen atoms in total. The Hall–Kier alpha value is -1.88. The van der Waals surface area contributed by atoms with Crippen LogP contribution in [0.15, 0.2) is 29.6 Å². The van der Waals surface area contributed by atoms with E-state index in [1.165, 1.54) is 18.3 Å². The third-order valence-electron chi connectivity index (χ3n) is 2.42. The Morgan fingerprint density at radius 2 is 2.06 bits per heavy atom. The molecule has 0 radical (unpaired) electrons. The summed E-state index contributed by atoms with van der Waals surface area (Å²) >= 11 is 1.47. The number of carboxylic acids is 1. The van der Waals surface area contributed by atoms with Gasteiger partial charge < -0.3 is 10.4 Å². The third-order valence-corrected chi connectivity index (χ3v) is 3.40. The van der Waals surface area contributed by atoms with Gasteiger partial charge in [-0.1, -0.05) is 18.2 Å². The number of nitrogens with one attached hydrogen (secondary N) is 1. The summed E-state index contributed by atoms with van der Waals surface area (Å²) in [5, 5.41) is 14.2. The molecule has 0 aliphatic rings. The van der Waals surface area contributed by atoms with Crippen molar-refractivity contribution in [3.8, 4) is 0 Å². The standard InChI is InChI=1S/C12H11NO3S/c1-7(14)13-11(12(15)16)9-6-17-10-5-3-2-4-8(9)10/h2-6,11H,1H3,(H,13,14)(H,15,16). The van der Waals surface area contributed by atoms with Crippen molar-refractivity contribution in [3.05, 3.63) is 35.2 Å². The number of carboxylic acid groups (broad SMARTS) is 1. The molecule has 0 saturated heterocycles. The minimum Gasteiger partial charge on any atom is -0.479 e. The number of thiophene rings is 1. The summed E-state index contributed by atoms with van der Waals surface area (Å²) in [5.41, 5.74) is 0.633. The molecular weight excluding hydrogens is 238 g/mol. The predicted molar refractivity (Wildman–Crippen MR) is 66.0 cm³/mol. The largest absolute Gasteiger partial charge is 0.479 e. The van der Waals surface area contributed by atoms with Crippen LogP contribution >= 0.6 is 11.3 Å². The van der Waals surface area contributed by atoms with E-state index in [0.717, 1.165) is 10.1 Å². The summed E-state index contributed by atoms with van der Waals surface area (Å²) in [7, 11) is 0. The molecule has 1 aromatic carbocycles. The van der Waals surface area contributed by atoms with Gasteiger partial charge in [-0.25, -0.2) is 4.79 Å². The molecule has 2 N–H and O–H groups in total. The average molecular weight is 249 g/mol. The highest BCUT2D eigenvalue weighted by Crippen LogP contribution is 2.30. The van der Waals surface area contributed by atoms with Gasteiger partial charge in [0.05, 0.1) is 0 Å². The lowest BCUT2D eigenvalue weighted by molar-refractivity contribution is -0.141. The molecule has 0 bridgehead atoms. The molecule has 17 heavy (non-hydrogen) atoms. The monoisotopic (exact) mass is 249 g/mol. The van der Waals surface area contributed by atoms with Crippen LogP contribution in [-0.4, -0.2) is 17.0 Å². The summed E-state index contributed by atoms with van der Waals surface area (Å²) in [6.45, 7) is 1.31. The van der Waals surface area contributed by atoms with Crippen LogP contribution in [0.3, 0.4) is 0 Å². The second-order valence-corrected chi connectivity index (χ2v) is 4.57. The van der Waals surface area contributed by atoms with Crippen LogP contribution in [-0.2, 0) is 9.59 Å². The Kier molecular flexibility index (Phi) is 3.10. The molecule has 2 aromatic rings. The molecule has 1 amide bonds. The van der Waals surface area contributed by atoms with Crippen LogP contribution in [0.1, 0.15) is 18.5 Å². The SMILES string of the molecule is CC(=O)NC(C(=O)O)c1csc2ccccc12. The second-order valence-electron chi connectivity index (χ2n) is 3.66. The zero-order chi connectivity index (χ0) is 12.4. The number of amides is 1. The molecular formula is C12H11NO3S. The summed E-state index contributed by atoms with van der Waals surface area (Å²) in [4.78, 5) is 22.2. The van der Waals surface area contributed by atoms with Crippen LogP contribution in [0.25, 0.3) is 10.1 Å². The quantitative estimate of drug-likeness (QED) is 0.876. The fourth-order valence-corrected chi connectivity index (χ4v) is 2.68. The number of aliphatic carboxylic acids is 1. The van der Waals surface area contributed by atoms with E-state index >= 15 is 0 Å². The summed E-state index contributed by atoms with van der Waals surface area (Å²) in [6, 6.07) is 6.56. The van der Waals surface area contributed by atoms with Gasteiger partial charge in [0.2, 0.25) is 5.91 Å². The van der Waals surface area contributed by atoms with E-state index in [-0.39, 0.29) is 5.91 Å². The minimum absolute atomic E-state index is 0.354. The van der Waals surface area contributed by atoms with Crippen molar-refractivity contribution in [2.45, 2.75) is 13.0 Å². The normalized spacial score (nSPS) is 12.3. The highest BCUT2D eigenvalue weighted by molar-refractivity contribution is 7.17. The first kappa shape index (κ1) is 11.6. The smallest absolute Gasteiger partial charge is 0.330 e. The average Bonchev–Trinajstić information content (AvgIpc) is 2.69. The fraction of sp³-hybridized carbons (Fsp3) is 0.167. The van der Waals surface area contributed by atoms with Gasteiger partial charge in [0.25, 0.3) is 0 Å². The first-order valence-electron chi connectivity index (χ1n) is 5.05. The molecule has 0 aliphatic heterocycles. The maximum Gasteiger partial charge on any atom is 0.330 e. The first-order chi connectivity index (χ1) is 8.09. The molecule has 0 fully saturated rings. The first-order valence-corrected chi connectivity index (χ1v) is 5.93. The van der Waals surface area contributed by atoms with Gasteiger partial charge >= 0.3 is 5.97 Å². The van der Waals surface area contributed by atoms with E-state index in [4.69, 9.17) is 5.11 Å². The van der Waals surface area contributed by atoms with Crippen LogP contribution in [0, 0.1) is 0 Å². The van der Waals surface area contributed by atoms with Gasteiger partial charge in [-0.15, -0.1) is 11.3 Å². The number of rotatable bonds is 3. The lowest BCUT2D eigenvalue weighted by atomic mass is 10.1. The lowest BCUT2D eigenvalue weighted by Gasteiger charge is -2.12. The molecule has 1 aromatic heterocycles. The van der Waals surface area contributed by atoms with Crippen LogP contribution < -0.4 is 5.32 Å². The third kappa shape index (κ3) is 2.29. The maximum atomic E-state index is 11.2. The number of carbonyl (C=O) groups is 2. The molecule has 1 atom stereocenters. The van der Waals surface area contributed by atoms with E-state index < -0.39 is 12.0 Å². The molecule has 0 aliphatic carbocycles. The minimum atomic E-state index is -1.05. The molecule has 2 rings (SSSR count). The number of benzene rings is 1. The van der Waals surface area contributed by atoms with Crippen LogP contribution in [0.5, 0.6) is 0 Å². The Morgan fingerprint density at radius 3 is 2.71 bits per heavy atom. The Morgan fingerprint density at radius 1 is 1.35 bits per heavy atom. The number of hydrogen-bond acceptors (Lipinski definition) is 3. The molecule has 5 heteroatoms. The van der Waals surface area contributed by atoms with Gasteiger partial charge in [0.15, 0.2) is 6.04 Å². The van der Waals surface area contributed by atoms with Gasteiger partial charge in [-0.3, -0.25) is 4.79 Å².